The van der Waals surface area contributed by atoms with Crippen molar-refractivity contribution in [3.8, 4) is 11.5 Å². The molecule has 1 aliphatic heterocycles. The normalized spacial score (nSPS) is 13.9. The molecule has 1 N–H and O–H groups in total. The Hall–Kier alpha value is -3.11. The van der Waals surface area contributed by atoms with Crippen molar-refractivity contribution in [1.29, 1.82) is 0 Å². The summed E-state index contributed by atoms with van der Waals surface area (Å²) < 4.78 is 23.4. The summed E-state index contributed by atoms with van der Waals surface area (Å²) in [5.41, 5.74) is 0.660. The van der Waals surface area contributed by atoms with E-state index in [4.69, 9.17) is 11.6 Å². The highest BCUT2D eigenvalue weighted by molar-refractivity contribution is 7.90. The first-order chi connectivity index (χ1) is 14.8. The number of carbonyl (C=O) groups is 1. The summed E-state index contributed by atoms with van der Waals surface area (Å²) >= 11 is 6.16. The average Bonchev–Trinajstić information content (AvgIpc) is 3.28. The lowest BCUT2D eigenvalue weighted by Gasteiger charge is -2.16. The highest BCUT2D eigenvalue weighted by Gasteiger charge is 2.21. The second-order valence-corrected chi connectivity index (χ2v) is 9.48. The molecule has 0 unspecified atom stereocenters. The summed E-state index contributed by atoms with van der Waals surface area (Å²) in [6, 6.07) is 9.32. The minimum atomic E-state index is -3.44. The van der Waals surface area contributed by atoms with Crippen LogP contribution in [0.25, 0.3) is 11.5 Å². The number of aromatic nitrogens is 4. The number of nitrogens with zero attached hydrogens (tertiary/aromatic N) is 5. The number of anilines is 2. The molecule has 11 heteroatoms. The van der Waals surface area contributed by atoms with Crippen LogP contribution in [0.1, 0.15) is 23.2 Å². The van der Waals surface area contributed by atoms with Crippen molar-refractivity contribution in [2.45, 2.75) is 17.7 Å². The molecular weight excluding hydrogens is 440 g/mol. The molecule has 31 heavy (non-hydrogen) atoms. The molecule has 2 aromatic heterocycles. The van der Waals surface area contributed by atoms with Gasteiger partial charge in [0.25, 0.3) is 5.91 Å². The molecule has 0 radical (unpaired) electrons. The zero-order chi connectivity index (χ0) is 22.0. The highest BCUT2D eigenvalue weighted by atomic mass is 35.5. The molecule has 0 aliphatic carbocycles. The van der Waals surface area contributed by atoms with Gasteiger partial charge in [-0.3, -0.25) is 15.1 Å². The zero-order valence-corrected chi connectivity index (χ0v) is 18.2. The van der Waals surface area contributed by atoms with Crippen molar-refractivity contribution in [2.24, 2.45) is 0 Å². The summed E-state index contributed by atoms with van der Waals surface area (Å²) in [7, 11) is -3.44. The van der Waals surface area contributed by atoms with E-state index in [9.17, 15) is 13.2 Å². The number of carbonyl (C=O) groups excluding carboxylic acids is 1. The van der Waals surface area contributed by atoms with Gasteiger partial charge in [0.15, 0.2) is 15.7 Å². The van der Waals surface area contributed by atoms with E-state index in [1.165, 1.54) is 18.2 Å². The fourth-order valence-corrected chi connectivity index (χ4v) is 4.15. The van der Waals surface area contributed by atoms with Crippen LogP contribution in [0.5, 0.6) is 0 Å². The molecule has 0 atom stereocenters. The van der Waals surface area contributed by atoms with E-state index in [2.05, 4.69) is 25.3 Å². The van der Waals surface area contributed by atoms with Gasteiger partial charge in [0.05, 0.1) is 15.5 Å². The van der Waals surface area contributed by atoms with Crippen LogP contribution in [0.15, 0.2) is 47.5 Å². The minimum Gasteiger partial charge on any atom is -0.341 e. The average molecular weight is 459 g/mol. The lowest BCUT2D eigenvalue weighted by Crippen LogP contribution is -2.23. The number of amides is 1. The molecule has 4 rings (SSSR count). The molecule has 1 fully saturated rings. The molecule has 9 nitrogen and oxygen atoms in total. The van der Waals surface area contributed by atoms with Gasteiger partial charge in [-0.2, -0.15) is 15.0 Å². The first-order valence-electron chi connectivity index (χ1n) is 9.55. The first kappa shape index (κ1) is 21.1. The smallest absolute Gasteiger partial charge is 0.259 e. The van der Waals surface area contributed by atoms with Crippen LogP contribution >= 0.6 is 11.6 Å². The second-order valence-electron chi connectivity index (χ2n) is 7.06. The van der Waals surface area contributed by atoms with Crippen molar-refractivity contribution in [1.82, 2.24) is 19.9 Å². The third kappa shape index (κ3) is 4.80. The SMILES string of the molecule is CS(=O)(=O)c1ccc(C(=O)Nc2nc(-c3ccccn3)nc(N3CCCC3)n2)c(Cl)c1. The molecule has 1 aromatic carbocycles. The Morgan fingerprint density at radius 2 is 1.87 bits per heavy atom. The van der Waals surface area contributed by atoms with Crippen LogP contribution in [0.3, 0.4) is 0 Å². The summed E-state index contributed by atoms with van der Waals surface area (Å²) in [6.07, 6.45) is 4.78. The number of pyridine rings is 1. The summed E-state index contributed by atoms with van der Waals surface area (Å²) in [5, 5.41) is 2.65. The number of nitrogens with one attached hydrogen (secondary N) is 1. The standard InChI is InChI=1S/C20H19ClN6O3S/c1-31(29,30)13-7-8-14(15(21)12-13)18(28)25-19-23-17(16-6-2-3-9-22-16)24-20(26-19)27-10-4-5-11-27/h2-3,6-9,12H,4-5,10-11H2,1H3,(H,23,24,25,26,28). The molecule has 0 bridgehead atoms. The van der Waals surface area contributed by atoms with E-state index >= 15 is 0 Å². The molecule has 0 saturated carbocycles. The monoisotopic (exact) mass is 458 g/mol. The number of rotatable bonds is 5. The lowest BCUT2D eigenvalue weighted by atomic mass is 10.2. The molecule has 0 spiro atoms. The highest BCUT2D eigenvalue weighted by Crippen LogP contribution is 2.24. The second kappa shape index (κ2) is 8.56. The Morgan fingerprint density at radius 1 is 1.10 bits per heavy atom. The number of benzene rings is 1. The Kier molecular flexibility index (Phi) is 5.84. The first-order valence-corrected chi connectivity index (χ1v) is 11.8. The van der Waals surface area contributed by atoms with Crippen LogP contribution in [-0.4, -0.2) is 53.6 Å². The van der Waals surface area contributed by atoms with Crippen LogP contribution in [0, 0.1) is 0 Å². The number of halogens is 1. The van der Waals surface area contributed by atoms with Crippen LogP contribution in [0.4, 0.5) is 11.9 Å². The van der Waals surface area contributed by atoms with Gasteiger partial charge in [0, 0.05) is 25.5 Å². The van der Waals surface area contributed by atoms with E-state index in [0.717, 1.165) is 32.2 Å². The van der Waals surface area contributed by atoms with E-state index in [-0.39, 0.29) is 21.4 Å². The largest absolute Gasteiger partial charge is 0.341 e. The van der Waals surface area contributed by atoms with Gasteiger partial charge in [-0.25, -0.2) is 8.42 Å². The van der Waals surface area contributed by atoms with Crippen molar-refractivity contribution in [3.63, 3.8) is 0 Å². The number of hydrogen-bond donors (Lipinski definition) is 1. The van der Waals surface area contributed by atoms with Crippen molar-refractivity contribution < 1.29 is 13.2 Å². The predicted molar refractivity (Wildman–Crippen MR) is 117 cm³/mol. The molecule has 1 amide bonds. The van der Waals surface area contributed by atoms with Crippen LogP contribution in [-0.2, 0) is 9.84 Å². The number of hydrogen-bond acceptors (Lipinski definition) is 8. The van der Waals surface area contributed by atoms with Crippen molar-refractivity contribution >= 4 is 39.2 Å². The fraction of sp³-hybridized carbons (Fsp3) is 0.250. The Balaban J connectivity index is 1.67. The predicted octanol–water partition coefficient (Wildman–Crippen LogP) is 2.84. The van der Waals surface area contributed by atoms with Crippen LogP contribution < -0.4 is 10.2 Å². The molecular formula is C20H19ClN6O3S. The molecule has 3 heterocycles. The quantitative estimate of drug-likeness (QED) is 0.620. The molecule has 3 aromatic rings. The van der Waals surface area contributed by atoms with E-state index in [0.29, 0.717) is 17.5 Å². The molecule has 1 saturated heterocycles. The maximum absolute atomic E-state index is 12.8. The fourth-order valence-electron chi connectivity index (χ4n) is 3.17. The molecule has 160 valence electrons. The van der Waals surface area contributed by atoms with E-state index < -0.39 is 15.7 Å². The van der Waals surface area contributed by atoms with E-state index in [1.807, 2.05) is 11.0 Å². The Bertz CT molecular complexity index is 1230. The summed E-state index contributed by atoms with van der Waals surface area (Å²) in [5.74, 6) is 0.301. The van der Waals surface area contributed by atoms with Crippen molar-refractivity contribution in [3.05, 3.63) is 53.2 Å². The topological polar surface area (TPSA) is 118 Å². The van der Waals surface area contributed by atoms with Crippen LogP contribution in [0.2, 0.25) is 5.02 Å². The van der Waals surface area contributed by atoms with E-state index in [1.54, 1.807) is 18.3 Å². The van der Waals surface area contributed by atoms with Gasteiger partial charge in [-0.15, -0.1) is 0 Å². The summed E-state index contributed by atoms with van der Waals surface area (Å²) in [6.45, 7) is 1.63. The Labute approximate surface area is 184 Å². The summed E-state index contributed by atoms with van der Waals surface area (Å²) in [4.78, 5) is 32.4. The van der Waals surface area contributed by atoms with Gasteiger partial charge in [-0.05, 0) is 43.2 Å². The minimum absolute atomic E-state index is 0.0131. The molecule has 1 aliphatic rings. The third-order valence-electron chi connectivity index (χ3n) is 4.75. The van der Waals surface area contributed by atoms with Gasteiger partial charge in [0.2, 0.25) is 11.9 Å². The maximum Gasteiger partial charge on any atom is 0.259 e. The van der Waals surface area contributed by atoms with Crippen molar-refractivity contribution in [2.75, 3.05) is 29.6 Å². The van der Waals surface area contributed by atoms with Gasteiger partial charge >= 0.3 is 0 Å². The Morgan fingerprint density at radius 3 is 2.52 bits per heavy atom. The van der Waals surface area contributed by atoms with Gasteiger partial charge in [-0.1, -0.05) is 17.7 Å². The zero-order valence-electron chi connectivity index (χ0n) is 16.6. The maximum atomic E-state index is 12.8. The van der Waals surface area contributed by atoms with Gasteiger partial charge < -0.3 is 4.90 Å². The number of sulfone groups is 1. The third-order valence-corrected chi connectivity index (χ3v) is 6.17. The van der Waals surface area contributed by atoms with Gasteiger partial charge in [0.1, 0.15) is 5.69 Å². The lowest BCUT2D eigenvalue weighted by molar-refractivity contribution is 0.102.